The van der Waals surface area contributed by atoms with Gasteiger partial charge in [0.15, 0.2) is 0 Å². The fourth-order valence-electron chi connectivity index (χ4n) is 2.56. The molecule has 0 radical (unpaired) electrons. The fraction of sp³-hybridized carbons (Fsp3) is 1.00. The molecule has 0 amide bonds. The van der Waals surface area contributed by atoms with Crippen LogP contribution in [-0.4, -0.2) is 28.5 Å². The van der Waals surface area contributed by atoms with E-state index in [0.717, 1.165) is 25.0 Å². The molecule has 0 rings (SSSR count). The van der Waals surface area contributed by atoms with Gasteiger partial charge in [0.25, 0.3) is 5.97 Å². The van der Waals surface area contributed by atoms with E-state index in [1.165, 1.54) is 0 Å². The number of thiol groups is 1. The number of hydrogen-bond donors (Lipinski definition) is 1. The number of rotatable bonds is 8. The van der Waals surface area contributed by atoms with Crippen LogP contribution < -0.4 is 0 Å². The van der Waals surface area contributed by atoms with Crippen molar-refractivity contribution < 1.29 is 14.2 Å². The monoisotopic (exact) mass is 348 g/mol. The summed E-state index contributed by atoms with van der Waals surface area (Å²) in [6.45, 7) is 20.6. The van der Waals surface area contributed by atoms with Crippen LogP contribution in [-0.2, 0) is 14.2 Å². The zero-order valence-corrected chi connectivity index (χ0v) is 18.0. The Bertz CT molecular complexity index is 293. The summed E-state index contributed by atoms with van der Waals surface area (Å²) in [5.41, 5.74) is -1.11. The van der Waals surface area contributed by atoms with E-state index >= 15 is 0 Å². The number of hydrogen-bond acceptors (Lipinski definition) is 4. The summed E-state index contributed by atoms with van der Waals surface area (Å²) in [6, 6.07) is 0. The molecule has 23 heavy (non-hydrogen) atoms. The van der Waals surface area contributed by atoms with Crippen molar-refractivity contribution in [3.8, 4) is 0 Å². The second-order valence-corrected chi connectivity index (χ2v) is 9.67. The molecule has 0 aliphatic heterocycles. The molecule has 140 valence electrons. The molecule has 0 aromatic rings. The highest BCUT2D eigenvalue weighted by Crippen LogP contribution is 2.41. The molecule has 4 heteroatoms. The van der Waals surface area contributed by atoms with E-state index in [9.17, 15) is 0 Å². The van der Waals surface area contributed by atoms with E-state index in [0.29, 0.717) is 0 Å². The molecule has 0 saturated heterocycles. The minimum Gasteiger partial charge on any atom is -0.321 e. The molecular weight excluding hydrogens is 308 g/mol. The van der Waals surface area contributed by atoms with E-state index < -0.39 is 5.97 Å². The van der Waals surface area contributed by atoms with Gasteiger partial charge in [0, 0.05) is 5.92 Å². The highest BCUT2D eigenvalue weighted by Gasteiger charge is 2.49. The highest BCUT2D eigenvalue weighted by atomic mass is 32.1. The fourth-order valence-corrected chi connectivity index (χ4v) is 2.74. The Morgan fingerprint density at radius 1 is 0.739 bits per heavy atom. The molecule has 0 N–H and O–H groups in total. The molecule has 1 unspecified atom stereocenters. The lowest BCUT2D eigenvalue weighted by molar-refractivity contribution is -0.467. The van der Waals surface area contributed by atoms with Crippen LogP contribution >= 0.6 is 12.6 Å². The Morgan fingerprint density at radius 2 is 1.09 bits per heavy atom. The standard InChI is InChI=1S/C19H40O3S/c1-11-15(13-12-14-23)19(20-16(2,3)4,21-17(5,6)7)22-18(8,9)10/h15,23H,11-14H2,1-10H3. The van der Waals surface area contributed by atoms with Crippen LogP contribution in [0.25, 0.3) is 0 Å². The van der Waals surface area contributed by atoms with Crippen LogP contribution in [0.4, 0.5) is 0 Å². The Labute approximate surface area is 150 Å². The zero-order chi connectivity index (χ0) is 18.5. The average Bonchev–Trinajstić information content (AvgIpc) is 2.21. The van der Waals surface area contributed by atoms with Gasteiger partial charge in [-0.05, 0) is 87.3 Å². The van der Waals surface area contributed by atoms with Crippen LogP contribution in [0.3, 0.4) is 0 Å². The first-order valence-corrected chi connectivity index (χ1v) is 9.49. The molecular formula is C19H40O3S. The van der Waals surface area contributed by atoms with Crippen LogP contribution in [0.1, 0.15) is 88.5 Å². The van der Waals surface area contributed by atoms with E-state index in [4.69, 9.17) is 14.2 Å². The van der Waals surface area contributed by atoms with Gasteiger partial charge in [-0.25, -0.2) is 0 Å². The van der Waals surface area contributed by atoms with Crippen molar-refractivity contribution in [3.05, 3.63) is 0 Å². The van der Waals surface area contributed by atoms with Gasteiger partial charge < -0.3 is 14.2 Å². The Morgan fingerprint density at radius 3 is 1.30 bits per heavy atom. The maximum absolute atomic E-state index is 6.46. The molecule has 0 aromatic heterocycles. The van der Waals surface area contributed by atoms with Gasteiger partial charge in [-0.1, -0.05) is 6.92 Å². The van der Waals surface area contributed by atoms with Crippen molar-refractivity contribution in [2.45, 2.75) is 111 Å². The first-order chi connectivity index (χ1) is 10.1. The van der Waals surface area contributed by atoms with E-state index in [2.05, 4.69) is 19.6 Å². The first kappa shape index (κ1) is 23.2. The minimum atomic E-state index is -1.06. The second kappa shape index (κ2) is 8.55. The topological polar surface area (TPSA) is 27.7 Å². The molecule has 0 saturated carbocycles. The number of ether oxygens (including phenoxy) is 3. The summed E-state index contributed by atoms with van der Waals surface area (Å²) < 4.78 is 19.4. The lowest BCUT2D eigenvalue weighted by Gasteiger charge is -2.49. The normalized spacial score (nSPS) is 15.8. The lowest BCUT2D eigenvalue weighted by Crippen LogP contribution is -2.56. The molecule has 0 heterocycles. The molecule has 0 aliphatic rings. The molecule has 0 fully saturated rings. The van der Waals surface area contributed by atoms with Crippen LogP contribution in [0, 0.1) is 5.92 Å². The third-order valence-electron chi connectivity index (χ3n) is 3.05. The molecule has 1 atom stereocenters. The van der Waals surface area contributed by atoms with Crippen molar-refractivity contribution in [1.82, 2.24) is 0 Å². The van der Waals surface area contributed by atoms with Crippen molar-refractivity contribution in [2.24, 2.45) is 5.92 Å². The SMILES string of the molecule is CCC(CCCS)C(OC(C)(C)C)(OC(C)(C)C)OC(C)(C)C. The van der Waals surface area contributed by atoms with E-state index in [1.807, 2.05) is 62.3 Å². The zero-order valence-electron chi connectivity index (χ0n) is 17.1. The molecule has 0 aromatic carbocycles. The molecule has 0 spiro atoms. The predicted octanol–water partition coefficient (Wildman–Crippen LogP) is 5.82. The summed E-state index contributed by atoms with van der Waals surface area (Å²) in [5.74, 6) is -0.0631. The van der Waals surface area contributed by atoms with Crippen LogP contribution in [0.2, 0.25) is 0 Å². The maximum atomic E-state index is 6.46. The maximum Gasteiger partial charge on any atom is 0.287 e. The summed E-state index contributed by atoms with van der Waals surface area (Å²) in [5, 5.41) is 0. The van der Waals surface area contributed by atoms with Gasteiger partial charge in [0.2, 0.25) is 0 Å². The van der Waals surface area contributed by atoms with Crippen molar-refractivity contribution in [2.75, 3.05) is 5.75 Å². The summed E-state index contributed by atoms with van der Waals surface area (Å²) >= 11 is 4.37. The summed E-state index contributed by atoms with van der Waals surface area (Å²) in [4.78, 5) is 0. The quantitative estimate of drug-likeness (QED) is 0.442. The van der Waals surface area contributed by atoms with E-state index in [-0.39, 0.29) is 22.7 Å². The summed E-state index contributed by atoms with van der Waals surface area (Å²) in [7, 11) is 0. The van der Waals surface area contributed by atoms with Gasteiger partial charge in [0.05, 0.1) is 16.8 Å². The van der Waals surface area contributed by atoms with Gasteiger partial charge >= 0.3 is 0 Å². The van der Waals surface area contributed by atoms with Crippen LogP contribution in [0.5, 0.6) is 0 Å². The molecule has 3 nitrogen and oxygen atoms in total. The lowest BCUT2D eigenvalue weighted by atomic mass is 9.95. The van der Waals surface area contributed by atoms with Crippen molar-refractivity contribution in [3.63, 3.8) is 0 Å². The third-order valence-corrected chi connectivity index (χ3v) is 3.37. The minimum absolute atomic E-state index is 0.146. The van der Waals surface area contributed by atoms with Crippen LogP contribution in [0.15, 0.2) is 0 Å². The predicted molar refractivity (Wildman–Crippen MR) is 102 cm³/mol. The third kappa shape index (κ3) is 9.96. The van der Waals surface area contributed by atoms with Crippen molar-refractivity contribution in [1.29, 1.82) is 0 Å². The Hall–Kier alpha value is 0.230. The first-order valence-electron chi connectivity index (χ1n) is 8.85. The highest BCUT2D eigenvalue weighted by molar-refractivity contribution is 7.80. The molecule has 0 aliphatic carbocycles. The van der Waals surface area contributed by atoms with Gasteiger partial charge in [0.1, 0.15) is 0 Å². The van der Waals surface area contributed by atoms with E-state index in [1.54, 1.807) is 0 Å². The smallest absolute Gasteiger partial charge is 0.287 e. The Kier molecular flexibility index (Phi) is 8.64. The van der Waals surface area contributed by atoms with Gasteiger partial charge in [-0.2, -0.15) is 12.6 Å². The summed E-state index contributed by atoms with van der Waals surface area (Å²) in [6.07, 6.45) is 2.90. The Balaban J connectivity index is 5.87. The van der Waals surface area contributed by atoms with Gasteiger partial charge in [-0.15, -0.1) is 0 Å². The second-order valence-electron chi connectivity index (χ2n) is 9.22. The van der Waals surface area contributed by atoms with Gasteiger partial charge in [-0.3, -0.25) is 0 Å². The van der Waals surface area contributed by atoms with Crippen molar-refractivity contribution >= 4 is 12.6 Å². The largest absolute Gasteiger partial charge is 0.321 e. The molecule has 0 bridgehead atoms. The average molecular weight is 349 g/mol.